The van der Waals surface area contributed by atoms with Crippen molar-refractivity contribution in [1.29, 1.82) is 0 Å². The fourth-order valence-electron chi connectivity index (χ4n) is 4.50. The third-order valence-corrected chi connectivity index (χ3v) is 7.21. The van der Waals surface area contributed by atoms with Crippen molar-refractivity contribution in [3.8, 4) is 22.3 Å². The number of hydrogen-bond donors (Lipinski definition) is 1. The van der Waals surface area contributed by atoms with E-state index in [4.69, 9.17) is 0 Å². The van der Waals surface area contributed by atoms with E-state index in [-0.39, 0.29) is 0 Å². The van der Waals surface area contributed by atoms with Crippen molar-refractivity contribution in [3.05, 3.63) is 170 Å². The molecule has 0 aliphatic heterocycles. The van der Waals surface area contributed by atoms with E-state index in [0.717, 1.165) is 29.3 Å². The highest BCUT2D eigenvalue weighted by Crippen LogP contribution is 2.32. The number of nitrogens with one attached hydrogen (secondary N) is 1. The molecule has 0 atom stereocenters. The maximum atomic E-state index is 3.75. The van der Waals surface area contributed by atoms with Gasteiger partial charge in [-0.2, -0.15) is 0 Å². The summed E-state index contributed by atoms with van der Waals surface area (Å²) >= 11 is 0. The van der Waals surface area contributed by atoms with E-state index in [1.807, 2.05) is 36.4 Å². The molecule has 226 valence electrons. The summed E-state index contributed by atoms with van der Waals surface area (Å²) in [6.45, 7) is 4.50. The summed E-state index contributed by atoms with van der Waals surface area (Å²) in [5.41, 5.74) is 9.23. The molecule has 2 nitrogen and oxygen atoms in total. The van der Waals surface area contributed by atoms with Crippen LogP contribution >= 0.6 is 0 Å². The SMILES string of the molecule is C1CC1.C1CC1.C=C/C=C\C=C/CN(c1ccc(-c2ccccc2)cc1)c1cccc(-c2ccc(Nc3ccccc3)cc2)c1. The van der Waals surface area contributed by atoms with Gasteiger partial charge in [0.1, 0.15) is 0 Å². The first-order chi connectivity index (χ1) is 22.3. The van der Waals surface area contributed by atoms with Crippen LogP contribution in [0.25, 0.3) is 22.3 Å². The molecule has 5 aromatic rings. The maximum absolute atomic E-state index is 3.75. The van der Waals surface area contributed by atoms with Crippen LogP contribution < -0.4 is 10.2 Å². The topological polar surface area (TPSA) is 15.3 Å². The minimum Gasteiger partial charge on any atom is -0.356 e. The van der Waals surface area contributed by atoms with Crippen LogP contribution in [-0.4, -0.2) is 6.54 Å². The van der Waals surface area contributed by atoms with Gasteiger partial charge in [0, 0.05) is 29.3 Å². The Kier molecular flexibility index (Phi) is 12.0. The zero-order chi connectivity index (χ0) is 30.9. The summed E-state index contributed by atoms with van der Waals surface area (Å²) in [7, 11) is 0. The van der Waals surface area contributed by atoms with Gasteiger partial charge in [-0.1, -0.05) is 160 Å². The molecule has 0 radical (unpaired) electrons. The van der Waals surface area contributed by atoms with Crippen LogP contribution in [-0.2, 0) is 0 Å². The molecule has 2 heteroatoms. The van der Waals surface area contributed by atoms with E-state index < -0.39 is 0 Å². The molecule has 0 bridgehead atoms. The fraction of sp³-hybridized carbons (Fsp3) is 0.163. The summed E-state index contributed by atoms with van der Waals surface area (Å²) in [6, 6.07) is 46.9. The Morgan fingerprint density at radius 1 is 0.489 bits per heavy atom. The third kappa shape index (κ3) is 10.9. The number of anilines is 4. The van der Waals surface area contributed by atoms with Crippen molar-refractivity contribution in [1.82, 2.24) is 0 Å². The van der Waals surface area contributed by atoms with Crippen molar-refractivity contribution < 1.29 is 0 Å². The highest BCUT2D eigenvalue weighted by Gasteiger charge is 2.10. The average molecular weight is 589 g/mol. The number of allylic oxidation sites excluding steroid dienone is 4. The molecule has 2 saturated carbocycles. The Morgan fingerprint density at radius 2 is 1.02 bits per heavy atom. The van der Waals surface area contributed by atoms with Gasteiger partial charge < -0.3 is 10.2 Å². The summed E-state index contributed by atoms with van der Waals surface area (Å²) in [5, 5.41) is 3.46. The number of nitrogens with zero attached hydrogens (tertiary/aromatic N) is 1. The quantitative estimate of drug-likeness (QED) is 0.163. The molecule has 45 heavy (non-hydrogen) atoms. The highest BCUT2D eigenvalue weighted by atomic mass is 15.1. The predicted molar refractivity (Wildman–Crippen MR) is 197 cm³/mol. The number of benzene rings is 5. The molecule has 1 N–H and O–H groups in total. The van der Waals surface area contributed by atoms with Crippen LogP contribution in [0.4, 0.5) is 22.7 Å². The minimum atomic E-state index is 0.746. The lowest BCUT2D eigenvalue weighted by Crippen LogP contribution is -2.16. The van der Waals surface area contributed by atoms with Gasteiger partial charge in [-0.05, 0) is 70.8 Å². The summed E-state index contributed by atoms with van der Waals surface area (Å²) in [5.74, 6) is 0. The Labute approximate surface area is 270 Å². The number of para-hydroxylation sites is 1. The maximum Gasteiger partial charge on any atom is 0.0419 e. The Balaban J connectivity index is 0.000000597. The zero-order valence-electron chi connectivity index (χ0n) is 26.2. The molecular weight excluding hydrogens is 544 g/mol. The Morgan fingerprint density at radius 3 is 1.64 bits per heavy atom. The van der Waals surface area contributed by atoms with Crippen molar-refractivity contribution in [2.24, 2.45) is 0 Å². The van der Waals surface area contributed by atoms with E-state index in [2.05, 4.69) is 138 Å². The summed E-state index contributed by atoms with van der Waals surface area (Å²) in [6.07, 6.45) is 19.0. The van der Waals surface area contributed by atoms with E-state index in [9.17, 15) is 0 Å². The Bertz CT molecular complexity index is 1620. The highest BCUT2D eigenvalue weighted by molar-refractivity contribution is 5.75. The van der Waals surface area contributed by atoms with Gasteiger partial charge in [0.25, 0.3) is 0 Å². The van der Waals surface area contributed by atoms with Crippen molar-refractivity contribution in [2.75, 3.05) is 16.8 Å². The Hall–Kier alpha value is -5.08. The average Bonchev–Trinajstić information content (AvgIpc) is 4.00. The van der Waals surface area contributed by atoms with Crippen LogP contribution in [0.5, 0.6) is 0 Å². The molecule has 2 aliphatic carbocycles. The number of rotatable bonds is 10. The van der Waals surface area contributed by atoms with Gasteiger partial charge in [0.15, 0.2) is 0 Å². The van der Waals surface area contributed by atoms with Crippen LogP contribution in [0.2, 0.25) is 0 Å². The van der Waals surface area contributed by atoms with Gasteiger partial charge in [0.2, 0.25) is 0 Å². The first kappa shape index (κ1) is 31.3. The number of hydrogen-bond acceptors (Lipinski definition) is 2. The fourth-order valence-corrected chi connectivity index (χ4v) is 4.50. The lowest BCUT2D eigenvalue weighted by atomic mass is 10.0. The van der Waals surface area contributed by atoms with Crippen LogP contribution in [0.1, 0.15) is 38.5 Å². The van der Waals surface area contributed by atoms with Crippen molar-refractivity contribution >= 4 is 22.7 Å². The molecule has 0 aromatic heterocycles. The van der Waals surface area contributed by atoms with Crippen molar-refractivity contribution in [2.45, 2.75) is 38.5 Å². The lowest BCUT2D eigenvalue weighted by Gasteiger charge is -2.25. The van der Waals surface area contributed by atoms with E-state index in [1.165, 1.54) is 60.8 Å². The molecule has 5 aromatic carbocycles. The molecule has 7 rings (SSSR count). The van der Waals surface area contributed by atoms with Gasteiger partial charge in [-0.3, -0.25) is 0 Å². The minimum absolute atomic E-state index is 0.746. The van der Waals surface area contributed by atoms with Crippen molar-refractivity contribution in [3.63, 3.8) is 0 Å². The normalized spacial score (nSPS) is 12.8. The summed E-state index contributed by atoms with van der Waals surface area (Å²) < 4.78 is 0. The van der Waals surface area contributed by atoms with Gasteiger partial charge in [-0.15, -0.1) is 0 Å². The second-order valence-electron chi connectivity index (χ2n) is 11.3. The second kappa shape index (κ2) is 17.3. The molecule has 2 aliphatic rings. The second-order valence-corrected chi connectivity index (χ2v) is 11.3. The summed E-state index contributed by atoms with van der Waals surface area (Å²) in [4.78, 5) is 2.34. The van der Waals surface area contributed by atoms with Gasteiger partial charge in [-0.25, -0.2) is 0 Å². The predicted octanol–water partition coefficient (Wildman–Crippen LogP) is 12.5. The van der Waals surface area contributed by atoms with E-state index in [0.29, 0.717) is 0 Å². The first-order valence-electron chi connectivity index (χ1n) is 16.2. The van der Waals surface area contributed by atoms with E-state index >= 15 is 0 Å². The van der Waals surface area contributed by atoms with Gasteiger partial charge >= 0.3 is 0 Å². The largest absolute Gasteiger partial charge is 0.356 e. The molecule has 0 unspecified atom stereocenters. The molecule has 0 heterocycles. The molecule has 0 saturated heterocycles. The monoisotopic (exact) mass is 588 g/mol. The molecule has 0 spiro atoms. The lowest BCUT2D eigenvalue weighted by molar-refractivity contribution is 1.10. The molecule has 2 fully saturated rings. The van der Waals surface area contributed by atoms with Crippen LogP contribution in [0.3, 0.4) is 0 Å². The standard InChI is InChI=1S/C37H32N2.2C3H6/c1-2-3-4-5-12-28-39(36-26-22-31(23-27-36)30-14-8-6-9-15-30)37-19-13-16-33(29-37)32-20-24-35(25-21-32)38-34-17-10-7-11-18-34;2*1-2-3-1/h2-27,29,38H,1,28H2;2*1-3H2/b4-3-,12-5-;;. The van der Waals surface area contributed by atoms with Crippen LogP contribution in [0.15, 0.2) is 170 Å². The first-order valence-corrected chi connectivity index (χ1v) is 16.2. The third-order valence-electron chi connectivity index (χ3n) is 7.21. The molecular formula is C43H44N2. The van der Waals surface area contributed by atoms with E-state index in [1.54, 1.807) is 6.08 Å². The smallest absolute Gasteiger partial charge is 0.0419 e. The van der Waals surface area contributed by atoms with Gasteiger partial charge in [0.05, 0.1) is 0 Å². The zero-order valence-corrected chi connectivity index (χ0v) is 26.2. The molecule has 0 amide bonds. The van der Waals surface area contributed by atoms with Crippen LogP contribution in [0, 0.1) is 0 Å².